The molecule has 1 aliphatic heterocycles. The maximum atomic E-state index is 13.1. The van der Waals surface area contributed by atoms with Crippen molar-refractivity contribution in [3.05, 3.63) is 72.7 Å². The number of fused-ring (bicyclic) bond motifs is 1. The topological polar surface area (TPSA) is 112 Å². The molecule has 1 aromatic heterocycles. The van der Waals surface area contributed by atoms with Crippen molar-refractivity contribution in [3.8, 4) is 11.5 Å². The number of benzene rings is 2. The van der Waals surface area contributed by atoms with Crippen molar-refractivity contribution in [2.24, 2.45) is 0 Å². The molecule has 0 bridgehead atoms. The third kappa shape index (κ3) is 4.07. The Hall–Kier alpha value is -2.82. The van der Waals surface area contributed by atoms with Gasteiger partial charge in [0.25, 0.3) is 0 Å². The Morgan fingerprint density at radius 3 is 2.27 bits per heavy atom. The Morgan fingerprint density at radius 1 is 0.833 bits per heavy atom. The largest absolute Gasteiger partial charge is 0.486 e. The first-order valence-corrected chi connectivity index (χ1v) is 12.1. The van der Waals surface area contributed by atoms with E-state index in [2.05, 4.69) is 4.72 Å². The number of ether oxygens (including phenoxy) is 2. The van der Waals surface area contributed by atoms with Gasteiger partial charge in [-0.3, -0.25) is 0 Å². The second kappa shape index (κ2) is 8.13. The molecule has 0 radical (unpaired) electrons. The number of hydrogen-bond acceptors (Lipinski definition) is 7. The average Bonchev–Trinajstić information content (AvgIpc) is 3.28. The zero-order valence-electron chi connectivity index (χ0n) is 15.7. The zero-order chi connectivity index (χ0) is 21.2. The van der Waals surface area contributed by atoms with Gasteiger partial charge in [0.2, 0.25) is 10.0 Å². The number of furan rings is 1. The molecule has 1 atom stereocenters. The van der Waals surface area contributed by atoms with Gasteiger partial charge < -0.3 is 13.9 Å². The Balaban J connectivity index is 1.61. The molecule has 0 saturated heterocycles. The van der Waals surface area contributed by atoms with Crippen LogP contribution in [0.4, 0.5) is 0 Å². The van der Waals surface area contributed by atoms with E-state index in [4.69, 9.17) is 13.9 Å². The highest BCUT2D eigenvalue weighted by Crippen LogP contribution is 2.33. The van der Waals surface area contributed by atoms with Crippen LogP contribution in [0.2, 0.25) is 0 Å². The SMILES string of the molecule is O=S(=O)(NC[C@@H](c1ccco1)S(=O)(=O)c1ccccc1)c1ccc2c(c1)OCCO2. The van der Waals surface area contributed by atoms with Gasteiger partial charge >= 0.3 is 0 Å². The minimum Gasteiger partial charge on any atom is -0.486 e. The number of nitrogens with one attached hydrogen (secondary N) is 1. The van der Waals surface area contributed by atoms with Crippen LogP contribution in [0.1, 0.15) is 11.0 Å². The fourth-order valence-corrected chi connectivity index (χ4v) is 5.85. The average molecular weight is 450 g/mol. The van der Waals surface area contributed by atoms with Crippen LogP contribution in [0.3, 0.4) is 0 Å². The van der Waals surface area contributed by atoms with Crippen molar-refractivity contribution in [1.82, 2.24) is 4.72 Å². The van der Waals surface area contributed by atoms with E-state index in [-0.39, 0.29) is 15.6 Å². The Labute approximate surface area is 174 Å². The number of hydrogen-bond donors (Lipinski definition) is 1. The van der Waals surface area contributed by atoms with E-state index in [1.807, 2.05) is 0 Å². The molecule has 0 saturated carbocycles. The van der Waals surface area contributed by atoms with Crippen molar-refractivity contribution in [2.45, 2.75) is 15.0 Å². The van der Waals surface area contributed by atoms with E-state index in [0.29, 0.717) is 24.7 Å². The van der Waals surface area contributed by atoms with Gasteiger partial charge in [-0.15, -0.1) is 0 Å². The molecule has 30 heavy (non-hydrogen) atoms. The summed E-state index contributed by atoms with van der Waals surface area (Å²) in [5, 5.41) is -1.23. The lowest BCUT2D eigenvalue weighted by molar-refractivity contribution is 0.171. The maximum absolute atomic E-state index is 13.1. The van der Waals surface area contributed by atoms with Crippen molar-refractivity contribution in [1.29, 1.82) is 0 Å². The summed E-state index contributed by atoms with van der Waals surface area (Å²) in [5.41, 5.74) is 0. The Bertz CT molecular complexity index is 1220. The van der Waals surface area contributed by atoms with Crippen molar-refractivity contribution >= 4 is 19.9 Å². The van der Waals surface area contributed by atoms with Gasteiger partial charge in [-0.25, -0.2) is 21.6 Å². The summed E-state index contributed by atoms with van der Waals surface area (Å²) >= 11 is 0. The first kappa shape index (κ1) is 20.5. The van der Waals surface area contributed by atoms with E-state index in [1.165, 1.54) is 42.7 Å². The van der Waals surface area contributed by atoms with Crippen LogP contribution in [0, 0.1) is 0 Å². The number of rotatable bonds is 7. The molecule has 0 unspecified atom stereocenters. The van der Waals surface area contributed by atoms with Gasteiger partial charge in [-0.1, -0.05) is 18.2 Å². The molecule has 2 heterocycles. The smallest absolute Gasteiger partial charge is 0.240 e. The fourth-order valence-electron chi connectivity index (χ4n) is 3.07. The quantitative estimate of drug-likeness (QED) is 0.590. The van der Waals surface area contributed by atoms with Crippen LogP contribution >= 0.6 is 0 Å². The van der Waals surface area contributed by atoms with Gasteiger partial charge in [-0.05, 0) is 36.4 Å². The van der Waals surface area contributed by atoms with E-state index in [1.54, 1.807) is 24.3 Å². The molecule has 0 aliphatic carbocycles. The summed E-state index contributed by atoms with van der Waals surface area (Å²) in [5.74, 6) is 0.924. The lowest BCUT2D eigenvalue weighted by Crippen LogP contribution is -2.32. The van der Waals surface area contributed by atoms with Crippen LogP contribution in [0.25, 0.3) is 0 Å². The molecule has 2 aromatic carbocycles. The van der Waals surface area contributed by atoms with Crippen LogP contribution in [-0.4, -0.2) is 36.6 Å². The molecule has 0 amide bonds. The van der Waals surface area contributed by atoms with E-state index >= 15 is 0 Å². The van der Waals surface area contributed by atoms with Gasteiger partial charge in [0.05, 0.1) is 16.1 Å². The second-order valence-corrected chi connectivity index (χ2v) is 10.4. The van der Waals surface area contributed by atoms with E-state index < -0.39 is 31.7 Å². The van der Waals surface area contributed by atoms with Crippen LogP contribution in [0.5, 0.6) is 11.5 Å². The first-order valence-electron chi connectivity index (χ1n) is 9.09. The van der Waals surface area contributed by atoms with Crippen molar-refractivity contribution < 1.29 is 30.7 Å². The van der Waals surface area contributed by atoms with Gasteiger partial charge in [0.1, 0.15) is 24.2 Å². The van der Waals surface area contributed by atoms with Gasteiger partial charge in [-0.2, -0.15) is 0 Å². The van der Waals surface area contributed by atoms with Gasteiger partial charge in [0, 0.05) is 12.6 Å². The molecule has 0 fully saturated rings. The highest BCUT2D eigenvalue weighted by Gasteiger charge is 2.33. The molecule has 3 aromatic rings. The Kier molecular flexibility index (Phi) is 5.54. The highest BCUT2D eigenvalue weighted by molar-refractivity contribution is 7.92. The highest BCUT2D eigenvalue weighted by atomic mass is 32.2. The third-order valence-corrected chi connectivity index (χ3v) is 8.09. The summed E-state index contributed by atoms with van der Waals surface area (Å²) in [4.78, 5) is 0.0204. The summed E-state index contributed by atoms with van der Waals surface area (Å²) in [7, 11) is -7.92. The molecule has 1 aliphatic rings. The zero-order valence-corrected chi connectivity index (χ0v) is 17.4. The van der Waals surface area contributed by atoms with Crippen molar-refractivity contribution in [2.75, 3.05) is 19.8 Å². The van der Waals surface area contributed by atoms with E-state index in [0.717, 1.165) is 0 Å². The van der Waals surface area contributed by atoms with Crippen LogP contribution < -0.4 is 14.2 Å². The van der Waals surface area contributed by atoms with Gasteiger partial charge in [0.15, 0.2) is 21.3 Å². The minimum atomic E-state index is -4.01. The molecular weight excluding hydrogens is 430 g/mol. The lowest BCUT2D eigenvalue weighted by Gasteiger charge is -2.20. The number of sulfonamides is 1. The fraction of sp³-hybridized carbons (Fsp3) is 0.200. The van der Waals surface area contributed by atoms with Crippen LogP contribution in [-0.2, 0) is 19.9 Å². The molecule has 158 valence electrons. The summed E-state index contributed by atoms with van der Waals surface area (Å²) in [6.45, 7) is 0.306. The standard InChI is InChI=1S/C20H19NO7S2/c22-29(23,15-5-2-1-3-6-15)20(18-7-4-10-26-18)14-21-30(24,25)16-8-9-17-19(13-16)28-12-11-27-17/h1-10,13,20-21H,11-12,14H2/t20-/m0/s1. The minimum absolute atomic E-state index is 0.0537. The molecule has 0 spiro atoms. The Morgan fingerprint density at radius 2 is 1.57 bits per heavy atom. The first-order chi connectivity index (χ1) is 14.4. The monoisotopic (exact) mass is 449 g/mol. The molecule has 8 nitrogen and oxygen atoms in total. The lowest BCUT2D eigenvalue weighted by atomic mass is 10.3. The predicted octanol–water partition coefficient (Wildman–Crippen LogP) is 2.54. The van der Waals surface area contributed by atoms with Crippen LogP contribution in [0.15, 0.2) is 81.1 Å². The second-order valence-electron chi connectivity index (χ2n) is 6.52. The summed E-state index contributed by atoms with van der Waals surface area (Å²) in [6.07, 6.45) is 1.35. The predicted molar refractivity (Wildman–Crippen MR) is 108 cm³/mol. The summed E-state index contributed by atoms with van der Waals surface area (Å²) < 4.78 is 70.4. The van der Waals surface area contributed by atoms with E-state index in [9.17, 15) is 16.8 Å². The molecular formula is C20H19NO7S2. The maximum Gasteiger partial charge on any atom is 0.240 e. The molecule has 4 rings (SSSR count). The third-order valence-electron chi connectivity index (χ3n) is 4.59. The molecule has 1 N–H and O–H groups in total. The normalized spacial score (nSPS) is 14.9. The molecule has 10 heteroatoms. The number of sulfone groups is 1. The van der Waals surface area contributed by atoms with Crippen molar-refractivity contribution in [3.63, 3.8) is 0 Å². The summed E-state index contributed by atoms with van der Waals surface area (Å²) in [6, 6.07) is 15.1.